The predicted molar refractivity (Wildman–Crippen MR) is 69.3 cm³/mol. The van der Waals surface area contributed by atoms with E-state index >= 15 is 0 Å². The number of piperidine rings is 1. The summed E-state index contributed by atoms with van der Waals surface area (Å²) in [5.41, 5.74) is 5.66. The van der Waals surface area contributed by atoms with Crippen molar-refractivity contribution in [2.75, 3.05) is 20.2 Å². The quantitative estimate of drug-likeness (QED) is 0.729. The monoisotopic (exact) mass is 277 g/mol. The fraction of sp³-hybridized carbons (Fsp3) is 1.00. The number of hydrogen-bond acceptors (Lipinski definition) is 4. The van der Waals surface area contributed by atoms with E-state index in [2.05, 4.69) is 4.72 Å². The van der Waals surface area contributed by atoms with Gasteiger partial charge in [-0.3, -0.25) is 0 Å². The minimum absolute atomic E-state index is 0.0142. The molecule has 0 bridgehead atoms. The molecule has 0 radical (unpaired) electrons. The summed E-state index contributed by atoms with van der Waals surface area (Å²) in [6.07, 6.45) is 4.56. The molecule has 1 atom stereocenters. The first-order valence-electron chi connectivity index (χ1n) is 6.58. The Hall–Kier alpha value is -0.210. The molecular weight excluding hydrogens is 254 g/mol. The molecule has 2 aliphatic rings. The maximum absolute atomic E-state index is 12.3. The standard InChI is InChI=1S/C11H23N3O3S/c1-17-11-6-9(7-11)13-18(15,16)14-5-3-2-4-10(14)8-12/h9-11,13H,2-8,12H2,1H3. The second-order valence-electron chi connectivity index (χ2n) is 5.14. The van der Waals surface area contributed by atoms with Gasteiger partial charge in [0.2, 0.25) is 0 Å². The summed E-state index contributed by atoms with van der Waals surface area (Å²) in [5, 5.41) is 0. The molecule has 0 aromatic carbocycles. The Morgan fingerprint density at radius 3 is 2.72 bits per heavy atom. The summed E-state index contributed by atoms with van der Waals surface area (Å²) in [6.45, 7) is 0.976. The summed E-state index contributed by atoms with van der Waals surface area (Å²) in [6, 6.07) is -0.0325. The highest BCUT2D eigenvalue weighted by Gasteiger charge is 2.37. The molecule has 1 heterocycles. The van der Waals surface area contributed by atoms with Gasteiger partial charge in [0.25, 0.3) is 10.2 Å². The normalized spacial score (nSPS) is 34.2. The third-order valence-electron chi connectivity index (χ3n) is 3.90. The highest BCUT2D eigenvalue weighted by atomic mass is 32.2. The van der Waals surface area contributed by atoms with E-state index < -0.39 is 10.2 Å². The van der Waals surface area contributed by atoms with E-state index in [9.17, 15) is 8.42 Å². The summed E-state index contributed by atoms with van der Waals surface area (Å²) in [7, 11) is -1.73. The Morgan fingerprint density at radius 2 is 2.11 bits per heavy atom. The van der Waals surface area contributed by atoms with Gasteiger partial charge in [-0.25, -0.2) is 0 Å². The van der Waals surface area contributed by atoms with Crippen molar-refractivity contribution in [1.29, 1.82) is 0 Å². The zero-order chi connectivity index (χ0) is 13.2. The number of ether oxygens (including phenoxy) is 1. The van der Waals surface area contributed by atoms with Gasteiger partial charge >= 0.3 is 0 Å². The Labute approximate surface area is 109 Å². The van der Waals surface area contributed by atoms with Gasteiger partial charge in [0.15, 0.2) is 0 Å². The van der Waals surface area contributed by atoms with Gasteiger partial charge in [-0.1, -0.05) is 6.42 Å². The Balaban J connectivity index is 1.93. The molecule has 2 rings (SSSR count). The van der Waals surface area contributed by atoms with Crippen molar-refractivity contribution in [2.45, 2.75) is 50.3 Å². The van der Waals surface area contributed by atoms with E-state index in [1.807, 2.05) is 0 Å². The minimum Gasteiger partial charge on any atom is -0.381 e. The lowest BCUT2D eigenvalue weighted by atomic mass is 9.90. The van der Waals surface area contributed by atoms with Gasteiger partial charge < -0.3 is 10.5 Å². The molecular formula is C11H23N3O3S. The summed E-state index contributed by atoms with van der Waals surface area (Å²) < 4.78 is 34.0. The first kappa shape index (κ1) is 14.2. The molecule has 1 aliphatic heterocycles. The second kappa shape index (κ2) is 5.83. The van der Waals surface area contributed by atoms with Crippen molar-refractivity contribution < 1.29 is 13.2 Å². The lowest BCUT2D eigenvalue weighted by Crippen LogP contribution is -2.56. The molecule has 18 heavy (non-hydrogen) atoms. The summed E-state index contributed by atoms with van der Waals surface area (Å²) >= 11 is 0. The van der Waals surface area contributed by atoms with Crippen molar-refractivity contribution in [2.24, 2.45) is 5.73 Å². The third-order valence-corrected chi connectivity index (χ3v) is 5.63. The van der Waals surface area contributed by atoms with Crippen LogP contribution < -0.4 is 10.5 Å². The molecule has 0 aromatic rings. The van der Waals surface area contributed by atoms with E-state index in [1.165, 1.54) is 4.31 Å². The zero-order valence-electron chi connectivity index (χ0n) is 10.8. The number of nitrogens with one attached hydrogen (secondary N) is 1. The van der Waals surface area contributed by atoms with Crippen molar-refractivity contribution in [3.05, 3.63) is 0 Å². The number of nitrogens with zero attached hydrogens (tertiary/aromatic N) is 1. The SMILES string of the molecule is COC1CC(NS(=O)(=O)N2CCCCC2CN)C1. The molecule has 1 saturated carbocycles. The lowest BCUT2D eigenvalue weighted by molar-refractivity contribution is 0.0230. The molecule has 7 heteroatoms. The highest BCUT2D eigenvalue weighted by Crippen LogP contribution is 2.25. The van der Waals surface area contributed by atoms with Crippen LogP contribution in [0.15, 0.2) is 0 Å². The Morgan fingerprint density at radius 1 is 1.39 bits per heavy atom. The van der Waals surface area contributed by atoms with Crippen LogP contribution >= 0.6 is 0 Å². The van der Waals surface area contributed by atoms with Crippen molar-refractivity contribution in [1.82, 2.24) is 9.03 Å². The largest absolute Gasteiger partial charge is 0.381 e. The number of nitrogens with two attached hydrogens (primary N) is 1. The number of hydrogen-bond donors (Lipinski definition) is 2. The van der Waals surface area contributed by atoms with Gasteiger partial charge in [0, 0.05) is 32.3 Å². The van der Waals surface area contributed by atoms with Crippen LogP contribution in [0.4, 0.5) is 0 Å². The van der Waals surface area contributed by atoms with E-state index in [0.717, 1.165) is 32.1 Å². The van der Waals surface area contributed by atoms with E-state index in [4.69, 9.17) is 10.5 Å². The van der Waals surface area contributed by atoms with E-state index in [1.54, 1.807) is 7.11 Å². The van der Waals surface area contributed by atoms with Crippen LogP contribution in [0.2, 0.25) is 0 Å². The fourth-order valence-corrected chi connectivity index (χ4v) is 4.36. The number of methoxy groups -OCH3 is 1. The molecule has 0 amide bonds. The molecule has 0 spiro atoms. The van der Waals surface area contributed by atoms with E-state index in [-0.39, 0.29) is 18.2 Å². The van der Waals surface area contributed by atoms with Gasteiger partial charge in [-0.05, 0) is 25.7 Å². The lowest BCUT2D eigenvalue weighted by Gasteiger charge is -2.39. The topological polar surface area (TPSA) is 84.7 Å². The maximum atomic E-state index is 12.3. The average molecular weight is 277 g/mol. The predicted octanol–water partition coefficient (Wildman–Crippen LogP) is -0.189. The van der Waals surface area contributed by atoms with Crippen molar-refractivity contribution in [3.8, 4) is 0 Å². The Kier molecular flexibility index (Phi) is 4.60. The third kappa shape index (κ3) is 3.03. The van der Waals surface area contributed by atoms with Gasteiger partial charge in [0.05, 0.1) is 6.10 Å². The van der Waals surface area contributed by atoms with Crippen molar-refractivity contribution >= 4 is 10.2 Å². The van der Waals surface area contributed by atoms with Crippen LogP contribution in [0.3, 0.4) is 0 Å². The summed E-state index contributed by atoms with van der Waals surface area (Å²) in [5.74, 6) is 0. The van der Waals surface area contributed by atoms with Crippen LogP contribution in [0.5, 0.6) is 0 Å². The zero-order valence-corrected chi connectivity index (χ0v) is 11.7. The molecule has 1 saturated heterocycles. The van der Waals surface area contributed by atoms with Crippen molar-refractivity contribution in [3.63, 3.8) is 0 Å². The van der Waals surface area contributed by atoms with Crippen LogP contribution in [0.25, 0.3) is 0 Å². The van der Waals surface area contributed by atoms with Crippen LogP contribution in [0.1, 0.15) is 32.1 Å². The average Bonchev–Trinajstić information content (AvgIpc) is 2.33. The summed E-state index contributed by atoms with van der Waals surface area (Å²) in [4.78, 5) is 0. The van der Waals surface area contributed by atoms with Crippen LogP contribution in [0, 0.1) is 0 Å². The first-order valence-corrected chi connectivity index (χ1v) is 8.02. The first-order chi connectivity index (χ1) is 8.56. The second-order valence-corrected chi connectivity index (χ2v) is 6.80. The fourth-order valence-electron chi connectivity index (χ4n) is 2.66. The Bertz CT molecular complexity index is 368. The molecule has 6 nitrogen and oxygen atoms in total. The smallest absolute Gasteiger partial charge is 0.279 e. The molecule has 1 unspecified atom stereocenters. The molecule has 1 aliphatic carbocycles. The molecule has 106 valence electrons. The highest BCUT2D eigenvalue weighted by molar-refractivity contribution is 7.87. The molecule has 0 aromatic heterocycles. The van der Waals surface area contributed by atoms with Crippen LogP contribution in [-0.4, -0.2) is 51.1 Å². The number of rotatable bonds is 5. The minimum atomic E-state index is -3.39. The molecule has 2 fully saturated rings. The van der Waals surface area contributed by atoms with E-state index in [0.29, 0.717) is 13.1 Å². The maximum Gasteiger partial charge on any atom is 0.279 e. The van der Waals surface area contributed by atoms with Gasteiger partial charge in [0.1, 0.15) is 0 Å². The van der Waals surface area contributed by atoms with Gasteiger partial charge in [-0.15, -0.1) is 0 Å². The van der Waals surface area contributed by atoms with Crippen LogP contribution in [-0.2, 0) is 14.9 Å². The van der Waals surface area contributed by atoms with Gasteiger partial charge in [-0.2, -0.15) is 17.4 Å². The molecule has 3 N–H and O–H groups in total.